The molecule has 0 atom stereocenters. The maximum atomic E-state index is 11.9. The van der Waals surface area contributed by atoms with Gasteiger partial charge in [0.05, 0.1) is 24.7 Å². The molecule has 0 saturated carbocycles. The SMILES string of the molecule is CCCOC(=O)c1ccc(NS(=O)(=O)c2cnc[nH]2)cc1. The molecule has 7 nitrogen and oxygen atoms in total. The van der Waals surface area contributed by atoms with Gasteiger partial charge in [-0.25, -0.2) is 9.78 Å². The highest BCUT2D eigenvalue weighted by Crippen LogP contribution is 2.15. The van der Waals surface area contributed by atoms with Crippen LogP contribution in [0.25, 0.3) is 0 Å². The molecule has 0 aliphatic carbocycles. The molecule has 2 aromatic rings. The van der Waals surface area contributed by atoms with Crippen molar-refractivity contribution in [3.05, 3.63) is 42.4 Å². The summed E-state index contributed by atoms with van der Waals surface area (Å²) in [6, 6.07) is 6.00. The van der Waals surface area contributed by atoms with Gasteiger partial charge in [-0.15, -0.1) is 0 Å². The highest BCUT2D eigenvalue weighted by molar-refractivity contribution is 7.92. The molecule has 1 aromatic carbocycles. The van der Waals surface area contributed by atoms with Gasteiger partial charge in [0, 0.05) is 5.69 Å². The van der Waals surface area contributed by atoms with E-state index in [0.717, 1.165) is 6.42 Å². The fourth-order valence-electron chi connectivity index (χ4n) is 1.55. The summed E-state index contributed by atoms with van der Waals surface area (Å²) in [4.78, 5) is 17.8. The monoisotopic (exact) mass is 309 g/mol. The third-order valence-corrected chi connectivity index (χ3v) is 3.88. The minimum absolute atomic E-state index is 0.0334. The van der Waals surface area contributed by atoms with E-state index in [1.165, 1.54) is 36.8 Å². The first-order chi connectivity index (χ1) is 10.0. The second-order valence-corrected chi connectivity index (χ2v) is 5.89. The second kappa shape index (κ2) is 6.40. The number of hydrogen-bond acceptors (Lipinski definition) is 5. The van der Waals surface area contributed by atoms with Crippen LogP contribution >= 0.6 is 0 Å². The molecule has 2 N–H and O–H groups in total. The average Bonchev–Trinajstić information content (AvgIpc) is 3.00. The lowest BCUT2D eigenvalue weighted by atomic mass is 10.2. The van der Waals surface area contributed by atoms with E-state index in [9.17, 15) is 13.2 Å². The van der Waals surface area contributed by atoms with Gasteiger partial charge < -0.3 is 9.72 Å². The molecule has 8 heteroatoms. The molecule has 0 amide bonds. The van der Waals surface area contributed by atoms with E-state index in [-0.39, 0.29) is 5.03 Å². The van der Waals surface area contributed by atoms with Crippen molar-refractivity contribution >= 4 is 21.7 Å². The molecule has 0 fully saturated rings. The molecule has 0 unspecified atom stereocenters. The van der Waals surface area contributed by atoms with Crippen LogP contribution in [-0.4, -0.2) is 31.0 Å². The van der Waals surface area contributed by atoms with Gasteiger partial charge in [0.1, 0.15) is 0 Å². The number of anilines is 1. The first-order valence-electron chi connectivity index (χ1n) is 6.31. The molecule has 21 heavy (non-hydrogen) atoms. The number of ether oxygens (including phenoxy) is 1. The van der Waals surface area contributed by atoms with Crippen LogP contribution in [0, 0.1) is 0 Å². The number of benzene rings is 1. The minimum Gasteiger partial charge on any atom is -0.462 e. The van der Waals surface area contributed by atoms with Crippen LogP contribution in [0.2, 0.25) is 0 Å². The van der Waals surface area contributed by atoms with Gasteiger partial charge in [-0.1, -0.05) is 6.92 Å². The Hall–Kier alpha value is -2.35. The number of aromatic nitrogens is 2. The molecule has 112 valence electrons. The zero-order chi connectivity index (χ0) is 15.3. The van der Waals surface area contributed by atoms with Gasteiger partial charge in [0.15, 0.2) is 5.03 Å². The number of carbonyl (C=O) groups is 1. The summed E-state index contributed by atoms with van der Waals surface area (Å²) in [7, 11) is -3.70. The van der Waals surface area contributed by atoms with Crippen LogP contribution in [-0.2, 0) is 14.8 Å². The molecule has 2 rings (SSSR count). The van der Waals surface area contributed by atoms with Gasteiger partial charge in [-0.2, -0.15) is 8.42 Å². The lowest BCUT2D eigenvalue weighted by Gasteiger charge is -2.07. The summed E-state index contributed by atoms with van der Waals surface area (Å²) >= 11 is 0. The van der Waals surface area contributed by atoms with Crippen molar-refractivity contribution in [2.24, 2.45) is 0 Å². The van der Waals surface area contributed by atoms with Gasteiger partial charge in [0.2, 0.25) is 0 Å². The second-order valence-electron chi connectivity index (χ2n) is 4.23. The van der Waals surface area contributed by atoms with Gasteiger partial charge in [0.25, 0.3) is 10.0 Å². The predicted octanol–water partition coefficient (Wildman–Crippen LogP) is 1.78. The Morgan fingerprint density at radius 2 is 2.05 bits per heavy atom. The number of imidazole rings is 1. The maximum absolute atomic E-state index is 11.9. The van der Waals surface area contributed by atoms with E-state index in [4.69, 9.17) is 4.74 Å². The third-order valence-electron chi connectivity index (χ3n) is 2.57. The highest BCUT2D eigenvalue weighted by atomic mass is 32.2. The molecular weight excluding hydrogens is 294 g/mol. The van der Waals surface area contributed by atoms with Crippen LogP contribution in [0.1, 0.15) is 23.7 Å². The molecule has 0 spiro atoms. The van der Waals surface area contributed by atoms with Gasteiger partial charge in [-0.05, 0) is 30.7 Å². The zero-order valence-corrected chi connectivity index (χ0v) is 12.2. The summed E-state index contributed by atoms with van der Waals surface area (Å²) in [5.74, 6) is -0.431. The van der Waals surface area contributed by atoms with Crippen molar-refractivity contribution in [3.63, 3.8) is 0 Å². The smallest absolute Gasteiger partial charge is 0.338 e. The van der Waals surface area contributed by atoms with Crippen LogP contribution in [0.4, 0.5) is 5.69 Å². The summed E-state index contributed by atoms with van der Waals surface area (Å²) in [6.07, 6.45) is 3.23. The fraction of sp³-hybridized carbons (Fsp3) is 0.231. The van der Waals surface area contributed by atoms with E-state index >= 15 is 0 Å². The van der Waals surface area contributed by atoms with Crippen molar-refractivity contribution in [3.8, 4) is 0 Å². The Labute approximate surface area is 122 Å². The number of nitrogens with one attached hydrogen (secondary N) is 2. The Bertz CT molecular complexity index is 694. The number of nitrogens with zero attached hydrogens (tertiary/aromatic N) is 1. The van der Waals surface area contributed by atoms with Crippen molar-refractivity contribution in [1.29, 1.82) is 0 Å². The largest absolute Gasteiger partial charge is 0.462 e. The highest BCUT2D eigenvalue weighted by Gasteiger charge is 2.15. The van der Waals surface area contributed by atoms with E-state index in [2.05, 4.69) is 14.7 Å². The maximum Gasteiger partial charge on any atom is 0.338 e. The van der Waals surface area contributed by atoms with Gasteiger partial charge in [-0.3, -0.25) is 4.72 Å². The molecule has 0 saturated heterocycles. The molecule has 1 aromatic heterocycles. The van der Waals surface area contributed by atoms with Crippen LogP contribution in [0.5, 0.6) is 0 Å². The summed E-state index contributed by atoms with van der Waals surface area (Å²) in [5, 5.41) is -0.0334. The molecule has 0 aliphatic rings. The van der Waals surface area contributed by atoms with Crippen LogP contribution < -0.4 is 4.72 Å². The average molecular weight is 309 g/mol. The van der Waals surface area contributed by atoms with E-state index in [1.807, 2.05) is 6.92 Å². The van der Waals surface area contributed by atoms with E-state index in [0.29, 0.717) is 17.9 Å². The Kier molecular flexibility index (Phi) is 4.59. The first kappa shape index (κ1) is 15.0. The summed E-state index contributed by atoms with van der Waals surface area (Å²) < 4.78 is 31.3. The van der Waals surface area contributed by atoms with Crippen molar-refractivity contribution < 1.29 is 17.9 Å². The van der Waals surface area contributed by atoms with Crippen molar-refractivity contribution in [1.82, 2.24) is 9.97 Å². The quantitative estimate of drug-likeness (QED) is 0.792. The fourth-order valence-corrected chi connectivity index (χ4v) is 2.52. The van der Waals surface area contributed by atoms with Crippen molar-refractivity contribution in [2.75, 3.05) is 11.3 Å². The zero-order valence-electron chi connectivity index (χ0n) is 11.4. The minimum atomic E-state index is -3.70. The molecular formula is C13H15N3O4S. The number of sulfonamides is 1. The molecule has 1 heterocycles. The number of esters is 1. The summed E-state index contributed by atoms with van der Waals surface area (Å²) in [6.45, 7) is 2.26. The third kappa shape index (κ3) is 3.82. The molecule has 0 bridgehead atoms. The number of rotatable bonds is 6. The number of aromatic amines is 1. The van der Waals surface area contributed by atoms with Crippen molar-refractivity contribution in [2.45, 2.75) is 18.4 Å². The normalized spacial score (nSPS) is 11.1. The number of hydrogen-bond donors (Lipinski definition) is 2. The Morgan fingerprint density at radius 1 is 1.33 bits per heavy atom. The first-order valence-corrected chi connectivity index (χ1v) is 7.79. The van der Waals surface area contributed by atoms with Crippen LogP contribution in [0.15, 0.2) is 41.8 Å². The number of H-pyrrole nitrogens is 1. The van der Waals surface area contributed by atoms with Crippen LogP contribution in [0.3, 0.4) is 0 Å². The van der Waals surface area contributed by atoms with E-state index in [1.54, 1.807) is 0 Å². The van der Waals surface area contributed by atoms with E-state index < -0.39 is 16.0 Å². The summed E-state index contributed by atoms with van der Waals surface area (Å²) in [5.41, 5.74) is 0.713. The topological polar surface area (TPSA) is 101 Å². The molecule has 0 radical (unpaired) electrons. The Balaban J connectivity index is 2.08. The lowest BCUT2D eigenvalue weighted by molar-refractivity contribution is 0.0505. The standard InChI is InChI=1S/C13H15N3O4S/c1-2-7-20-13(17)10-3-5-11(6-4-10)16-21(18,19)12-8-14-9-15-12/h3-6,8-9,16H,2,7H2,1H3,(H,14,15). The molecule has 0 aliphatic heterocycles. The Morgan fingerprint density at radius 3 is 2.62 bits per heavy atom. The lowest BCUT2D eigenvalue weighted by Crippen LogP contribution is -2.13. The number of carbonyl (C=O) groups excluding carboxylic acids is 1. The van der Waals surface area contributed by atoms with Gasteiger partial charge >= 0.3 is 5.97 Å². The predicted molar refractivity (Wildman–Crippen MR) is 76.4 cm³/mol.